The van der Waals surface area contributed by atoms with Crippen LogP contribution in [0.15, 0.2) is 53.0 Å². The van der Waals surface area contributed by atoms with Crippen molar-refractivity contribution in [3.05, 3.63) is 64.1 Å². The maximum absolute atomic E-state index is 12.1. The van der Waals surface area contributed by atoms with Crippen molar-refractivity contribution in [1.29, 1.82) is 0 Å². The van der Waals surface area contributed by atoms with Gasteiger partial charge in [0.05, 0.1) is 0 Å². The number of carbonyl (C=O) groups excluding carboxylic acids is 2. The van der Waals surface area contributed by atoms with Gasteiger partial charge in [0.25, 0.3) is 5.91 Å². The molecule has 120 valence electrons. The molecule has 1 N–H and O–H groups in total. The SMILES string of the molecule is CC(=O)N(CCNC(=O)c1cccc(Br)c1)c1cccc(C)c1. The minimum Gasteiger partial charge on any atom is -0.350 e. The van der Waals surface area contributed by atoms with E-state index in [4.69, 9.17) is 0 Å². The van der Waals surface area contributed by atoms with E-state index in [2.05, 4.69) is 21.2 Å². The lowest BCUT2D eigenvalue weighted by molar-refractivity contribution is -0.116. The van der Waals surface area contributed by atoms with E-state index in [0.717, 1.165) is 15.7 Å². The molecule has 2 amide bonds. The van der Waals surface area contributed by atoms with Crippen molar-refractivity contribution in [2.45, 2.75) is 13.8 Å². The fourth-order valence-electron chi connectivity index (χ4n) is 2.28. The lowest BCUT2D eigenvalue weighted by Gasteiger charge is -2.21. The van der Waals surface area contributed by atoms with Crippen LogP contribution in [0.1, 0.15) is 22.8 Å². The number of benzene rings is 2. The highest BCUT2D eigenvalue weighted by Crippen LogP contribution is 2.16. The molecule has 0 heterocycles. The van der Waals surface area contributed by atoms with Gasteiger partial charge in [0.2, 0.25) is 5.91 Å². The van der Waals surface area contributed by atoms with E-state index in [-0.39, 0.29) is 11.8 Å². The van der Waals surface area contributed by atoms with Crippen molar-refractivity contribution in [3.63, 3.8) is 0 Å². The van der Waals surface area contributed by atoms with Gasteiger partial charge in [-0.05, 0) is 42.8 Å². The number of rotatable bonds is 5. The number of amides is 2. The average molecular weight is 375 g/mol. The van der Waals surface area contributed by atoms with Crippen LogP contribution in [0, 0.1) is 6.92 Å². The van der Waals surface area contributed by atoms with Crippen molar-refractivity contribution < 1.29 is 9.59 Å². The predicted octanol–water partition coefficient (Wildman–Crippen LogP) is 3.54. The van der Waals surface area contributed by atoms with Crippen molar-refractivity contribution in [2.24, 2.45) is 0 Å². The van der Waals surface area contributed by atoms with E-state index < -0.39 is 0 Å². The zero-order chi connectivity index (χ0) is 16.8. The Labute approximate surface area is 144 Å². The molecule has 23 heavy (non-hydrogen) atoms. The quantitative estimate of drug-likeness (QED) is 0.869. The van der Waals surface area contributed by atoms with Gasteiger partial charge < -0.3 is 10.2 Å². The number of hydrogen-bond donors (Lipinski definition) is 1. The van der Waals surface area contributed by atoms with Crippen molar-refractivity contribution in [3.8, 4) is 0 Å². The molecule has 0 spiro atoms. The smallest absolute Gasteiger partial charge is 0.251 e. The Morgan fingerprint density at radius 3 is 2.52 bits per heavy atom. The van der Waals surface area contributed by atoms with Gasteiger partial charge in [-0.15, -0.1) is 0 Å². The minimum absolute atomic E-state index is 0.0488. The molecular weight excluding hydrogens is 356 g/mol. The van der Waals surface area contributed by atoms with E-state index in [1.54, 1.807) is 17.0 Å². The van der Waals surface area contributed by atoms with E-state index in [0.29, 0.717) is 18.7 Å². The number of anilines is 1. The first kappa shape index (κ1) is 17.2. The molecule has 2 rings (SSSR count). The van der Waals surface area contributed by atoms with Crippen LogP contribution in [-0.2, 0) is 4.79 Å². The molecule has 5 heteroatoms. The third kappa shape index (κ3) is 4.93. The fourth-order valence-corrected chi connectivity index (χ4v) is 2.68. The first-order chi connectivity index (χ1) is 11.0. The van der Waals surface area contributed by atoms with Crippen LogP contribution in [0.5, 0.6) is 0 Å². The third-order valence-corrected chi connectivity index (χ3v) is 3.89. The van der Waals surface area contributed by atoms with Gasteiger partial charge in [-0.1, -0.05) is 34.1 Å². The summed E-state index contributed by atoms with van der Waals surface area (Å²) in [6, 6.07) is 14.9. The molecule has 0 radical (unpaired) electrons. The molecular formula is C18H19BrN2O2. The molecule has 0 fully saturated rings. The summed E-state index contributed by atoms with van der Waals surface area (Å²) < 4.78 is 0.857. The van der Waals surface area contributed by atoms with Crippen LogP contribution >= 0.6 is 15.9 Å². The van der Waals surface area contributed by atoms with E-state index in [1.807, 2.05) is 43.3 Å². The lowest BCUT2D eigenvalue weighted by Crippen LogP contribution is -2.37. The first-order valence-corrected chi connectivity index (χ1v) is 8.15. The Kier molecular flexibility index (Phi) is 5.93. The molecule has 4 nitrogen and oxygen atoms in total. The van der Waals surface area contributed by atoms with Crippen LogP contribution in [0.4, 0.5) is 5.69 Å². The molecule has 0 unspecified atom stereocenters. The van der Waals surface area contributed by atoms with E-state index in [1.165, 1.54) is 6.92 Å². The number of carbonyl (C=O) groups is 2. The summed E-state index contributed by atoms with van der Waals surface area (Å²) in [7, 11) is 0. The second kappa shape index (κ2) is 7.92. The second-order valence-corrected chi connectivity index (χ2v) is 6.19. The first-order valence-electron chi connectivity index (χ1n) is 7.36. The highest BCUT2D eigenvalue weighted by atomic mass is 79.9. The van der Waals surface area contributed by atoms with Crippen molar-refractivity contribution >= 4 is 33.4 Å². The average Bonchev–Trinajstić information content (AvgIpc) is 2.51. The van der Waals surface area contributed by atoms with Gasteiger partial charge in [0.15, 0.2) is 0 Å². The Morgan fingerprint density at radius 1 is 1.13 bits per heavy atom. The Morgan fingerprint density at radius 2 is 1.87 bits per heavy atom. The molecule has 0 saturated carbocycles. The van der Waals surface area contributed by atoms with Crippen molar-refractivity contribution in [2.75, 3.05) is 18.0 Å². The molecule has 2 aromatic rings. The normalized spacial score (nSPS) is 10.2. The fraction of sp³-hybridized carbons (Fsp3) is 0.222. The second-order valence-electron chi connectivity index (χ2n) is 5.28. The highest BCUT2D eigenvalue weighted by Gasteiger charge is 2.12. The molecule has 0 bridgehead atoms. The molecule has 0 aliphatic rings. The molecule has 0 aliphatic heterocycles. The molecule has 0 atom stereocenters. The van der Waals surface area contributed by atoms with Gasteiger partial charge >= 0.3 is 0 Å². The standard InChI is InChI=1S/C18H19BrN2O2/c1-13-5-3-8-17(11-13)21(14(2)22)10-9-20-18(23)15-6-4-7-16(19)12-15/h3-8,11-12H,9-10H2,1-2H3,(H,20,23). The summed E-state index contributed by atoms with van der Waals surface area (Å²) in [5, 5.41) is 2.84. The summed E-state index contributed by atoms with van der Waals surface area (Å²) in [4.78, 5) is 25.6. The Balaban J connectivity index is 1.97. The van der Waals surface area contributed by atoms with Crippen LogP contribution in [0.3, 0.4) is 0 Å². The van der Waals surface area contributed by atoms with Crippen LogP contribution in [0.2, 0.25) is 0 Å². The molecule has 0 saturated heterocycles. The number of nitrogens with zero attached hydrogens (tertiary/aromatic N) is 1. The molecule has 0 aromatic heterocycles. The van der Waals surface area contributed by atoms with Gasteiger partial charge in [-0.25, -0.2) is 0 Å². The van der Waals surface area contributed by atoms with Crippen LogP contribution in [0.25, 0.3) is 0 Å². The van der Waals surface area contributed by atoms with Crippen molar-refractivity contribution in [1.82, 2.24) is 5.32 Å². The van der Waals surface area contributed by atoms with E-state index >= 15 is 0 Å². The summed E-state index contributed by atoms with van der Waals surface area (Å²) in [5.74, 6) is -0.202. The lowest BCUT2D eigenvalue weighted by atomic mass is 10.2. The summed E-state index contributed by atoms with van der Waals surface area (Å²) in [6.45, 7) is 4.33. The third-order valence-electron chi connectivity index (χ3n) is 3.40. The maximum Gasteiger partial charge on any atom is 0.251 e. The van der Waals surface area contributed by atoms with Gasteiger partial charge in [0.1, 0.15) is 0 Å². The summed E-state index contributed by atoms with van der Waals surface area (Å²) in [5.41, 5.74) is 2.52. The predicted molar refractivity (Wildman–Crippen MR) is 95.7 cm³/mol. The number of nitrogens with one attached hydrogen (secondary N) is 1. The number of hydrogen-bond acceptors (Lipinski definition) is 2. The van der Waals surface area contributed by atoms with E-state index in [9.17, 15) is 9.59 Å². The molecule has 0 aliphatic carbocycles. The maximum atomic E-state index is 12.1. The Hall–Kier alpha value is -2.14. The largest absolute Gasteiger partial charge is 0.350 e. The zero-order valence-electron chi connectivity index (χ0n) is 13.2. The topological polar surface area (TPSA) is 49.4 Å². The zero-order valence-corrected chi connectivity index (χ0v) is 14.8. The Bertz CT molecular complexity index is 716. The monoisotopic (exact) mass is 374 g/mol. The van der Waals surface area contributed by atoms with Crippen LogP contribution < -0.4 is 10.2 Å². The van der Waals surface area contributed by atoms with Crippen LogP contribution in [-0.4, -0.2) is 24.9 Å². The molecule has 2 aromatic carbocycles. The minimum atomic E-state index is -0.154. The van der Waals surface area contributed by atoms with Gasteiger partial charge in [0, 0.05) is 35.7 Å². The highest BCUT2D eigenvalue weighted by molar-refractivity contribution is 9.10. The van der Waals surface area contributed by atoms with Gasteiger partial charge in [-0.3, -0.25) is 9.59 Å². The number of halogens is 1. The van der Waals surface area contributed by atoms with Gasteiger partial charge in [-0.2, -0.15) is 0 Å². The summed E-state index contributed by atoms with van der Waals surface area (Å²) in [6.07, 6.45) is 0. The number of aryl methyl sites for hydroxylation is 1. The summed E-state index contributed by atoms with van der Waals surface area (Å²) >= 11 is 3.35.